The molecule has 0 radical (unpaired) electrons. The lowest BCUT2D eigenvalue weighted by atomic mass is 10.2. The molecule has 0 aliphatic rings. The van der Waals surface area contributed by atoms with Crippen LogP contribution in [0.5, 0.6) is 0 Å². The molecule has 0 amide bonds. The van der Waals surface area contributed by atoms with Gasteiger partial charge in [-0.2, -0.15) is 0 Å². The van der Waals surface area contributed by atoms with Crippen molar-refractivity contribution in [3.63, 3.8) is 0 Å². The fraction of sp³-hybridized carbons (Fsp3) is 0.0833. The molecule has 3 nitrogen and oxygen atoms in total. The zero-order valence-electron chi connectivity index (χ0n) is 9.11. The molecule has 0 aliphatic carbocycles. The van der Waals surface area contributed by atoms with Gasteiger partial charge in [0.1, 0.15) is 0 Å². The van der Waals surface area contributed by atoms with Crippen molar-refractivity contribution in [2.75, 3.05) is 5.32 Å². The number of benzene rings is 1. The summed E-state index contributed by atoms with van der Waals surface area (Å²) in [5.41, 5.74) is 0.835. The second-order valence-corrected chi connectivity index (χ2v) is 6.27. The molecule has 0 saturated heterocycles. The molecular formula is C12H9BrClNO2S. The first-order valence-corrected chi connectivity index (χ1v) is 7.06. The summed E-state index contributed by atoms with van der Waals surface area (Å²) in [6, 6.07) is 8.85. The third-order valence-electron chi connectivity index (χ3n) is 2.29. The predicted octanol–water partition coefficient (Wildman–Crippen LogP) is 4.47. The Balaban J connectivity index is 2.16. The Bertz CT molecular complexity index is 585. The Morgan fingerprint density at radius 1 is 1.39 bits per heavy atom. The molecule has 0 aliphatic heterocycles. The summed E-state index contributed by atoms with van der Waals surface area (Å²) in [6.07, 6.45) is 0. The lowest BCUT2D eigenvalue weighted by Gasteiger charge is -2.08. The van der Waals surface area contributed by atoms with E-state index in [0.717, 1.165) is 13.7 Å². The Kier molecular flexibility index (Phi) is 4.27. The number of aromatic carboxylic acids is 1. The maximum Gasteiger partial charge on any atom is 0.337 e. The van der Waals surface area contributed by atoms with Crippen molar-refractivity contribution >= 4 is 50.5 Å². The predicted molar refractivity (Wildman–Crippen MR) is 77.8 cm³/mol. The normalized spacial score (nSPS) is 10.3. The number of carboxylic acids is 1. The van der Waals surface area contributed by atoms with Crippen molar-refractivity contribution in [2.24, 2.45) is 0 Å². The number of rotatable bonds is 4. The molecule has 0 atom stereocenters. The van der Waals surface area contributed by atoms with E-state index in [1.807, 2.05) is 12.1 Å². The lowest BCUT2D eigenvalue weighted by Crippen LogP contribution is -2.05. The van der Waals surface area contributed by atoms with E-state index in [-0.39, 0.29) is 5.56 Å². The molecule has 1 heterocycles. The van der Waals surface area contributed by atoms with E-state index in [2.05, 4.69) is 21.2 Å². The molecule has 18 heavy (non-hydrogen) atoms. The van der Waals surface area contributed by atoms with Crippen LogP contribution in [0, 0.1) is 0 Å². The van der Waals surface area contributed by atoms with Gasteiger partial charge in [-0.05, 0) is 30.3 Å². The minimum absolute atomic E-state index is 0.243. The number of carbonyl (C=O) groups is 1. The van der Waals surface area contributed by atoms with E-state index >= 15 is 0 Å². The van der Waals surface area contributed by atoms with Crippen molar-refractivity contribution in [1.29, 1.82) is 0 Å². The second-order valence-electron chi connectivity index (χ2n) is 3.55. The molecule has 2 rings (SSSR count). The molecule has 0 saturated carbocycles. The maximum absolute atomic E-state index is 11.1. The van der Waals surface area contributed by atoms with Gasteiger partial charge in [-0.3, -0.25) is 0 Å². The van der Waals surface area contributed by atoms with E-state index in [1.54, 1.807) is 18.2 Å². The largest absolute Gasteiger partial charge is 0.478 e. The van der Waals surface area contributed by atoms with Gasteiger partial charge in [0.05, 0.1) is 9.90 Å². The topological polar surface area (TPSA) is 49.3 Å². The molecule has 2 aromatic rings. The van der Waals surface area contributed by atoms with Crippen LogP contribution in [0.1, 0.15) is 15.2 Å². The number of halogens is 2. The fourth-order valence-corrected chi connectivity index (χ4v) is 2.87. The summed E-state index contributed by atoms with van der Waals surface area (Å²) in [7, 11) is 0. The Hall–Kier alpha value is -1.04. The molecule has 1 aromatic carbocycles. The van der Waals surface area contributed by atoms with E-state index < -0.39 is 5.97 Å². The van der Waals surface area contributed by atoms with Crippen molar-refractivity contribution in [2.45, 2.75) is 6.54 Å². The fourth-order valence-electron chi connectivity index (χ4n) is 1.48. The zero-order valence-corrected chi connectivity index (χ0v) is 12.3. The molecule has 1 aromatic heterocycles. The summed E-state index contributed by atoms with van der Waals surface area (Å²) >= 11 is 10.6. The van der Waals surface area contributed by atoms with E-state index in [4.69, 9.17) is 16.7 Å². The van der Waals surface area contributed by atoms with Crippen LogP contribution >= 0.6 is 38.9 Å². The van der Waals surface area contributed by atoms with E-state index in [9.17, 15) is 4.79 Å². The Labute approximate surface area is 122 Å². The lowest BCUT2D eigenvalue weighted by molar-refractivity contribution is 0.0698. The SMILES string of the molecule is O=C(O)c1cc(Br)ccc1NCc1ccc(Cl)s1. The van der Waals surface area contributed by atoms with Crippen molar-refractivity contribution in [3.05, 3.63) is 49.6 Å². The summed E-state index contributed by atoms with van der Waals surface area (Å²) in [5, 5.41) is 12.2. The minimum atomic E-state index is -0.956. The van der Waals surface area contributed by atoms with Gasteiger partial charge in [-0.25, -0.2) is 4.79 Å². The standard InChI is InChI=1S/C12H9BrClNO2S/c13-7-1-3-10(9(5-7)12(16)17)15-6-8-2-4-11(14)18-8/h1-5,15H,6H2,(H,16,17). The van der Waals surface area contributed by atoms with Gasteiger partial charge in [-0.15, -0.1) is 11.3 Å². The number of hydrogen-bond donors (Lipinski definition) is 2. The second kappa shape index (κ2) is 5.73. The number of anilines is 1. The summed E-state index contributed by atoms with van der Waals surface area (Å²) < 4.78 is 1.46. The van der Waals surface area contributed by atoms with Crippen LogP contribution in [-0.4, -0.2) is 11.1 Å². The van der Waals surface area contributed by atoms with Gasteiger partial charge in [0.25, 0.3) is 0 Å². The van der Waals surface area contributed by atoms with Crippen molar-refractivity contribution in [1.82, 2.24) is 0 Å². The van der Waals surface area contributed by atoms with Crippen molar-refractivity contribution in [3.8, 4) is 0 Å². The molecular weight excluding hydrogens is 338 g/mol. The first-order chi connectivity index (χ1) is 8.56. The van der Waals surface area contributed by atoms with Crippen LogP contribution in [0.15, 0.2) is 34.8 Å². The van der Waals surface area contributed by atoms with Crippen LogP contribution in [0.3, 0.4) is 0 Å². The molecule has 0 fully saturated rings. The quantitative estimate of drug-likeness (QED) is 0.858. The minimum Gasteiger partial charge on any atom is -0.478 e. The van der Waals surface area contributed by atoms with Crippen LogP contribution < -0.4 is 5.32 Å². The first-order valence-electron chi connectivity index (χ1n) is 5.07. The van der Waals surface area contributed by atoms with E-state index in [0.29, 0.717) is 12.2 Å². The zero-order chi connectivity index (χ0) is 13.1. The van der Waals surface area contributed by atoms with Crippen LogP contribution in [0.4, 0.5) is 5.69 Å². The number of nitrogens with one attached hydrogen (secondary N) is 1. The van der Waals surface area contributed by atoms with Gasteiger partial charge in [0.2, 0.25) is 0 Å². The Morgan fingerprint density at radius 3 is 2.78 bits per heavy atom. The maximum atomic E-state index is 11.1. The number of hydrogen-bond acceptors (Lipinski definition) is 3. The average Bonchev–Trinajstić information content (AvgIpc) is 2.73. The highest BCUT2D eigenvalue weighted by atomic mass is 79.9. The third kappa shape index (κ3) is 3.25. The molecule has 2 N–H and O–H groups in total. The molecule has 0 spiro atoms. The monoisotopic (exact) mass is 345 g/mol. The summed E-state index contributed by atoms with van der Waals surface area (Å²) in [4.78, 5) is 12.2. The number of carboxylic acid groups (broad SMARTS) is 1. The highest BCUT2D eigenvalue weighted by Gasteiger charge is 2.10. The van der Waals surface area contributed by atoms with Crippen molar-refractivity contribution < 1.29 is 9.90 Å². The average molecular weight is 347 g/mol. The molecule has 94 valence electrons. The smallest absolute Gasteiger partial charge is 0.337 e. The Morgan fingerprint density at radius 2 is 2.17 bits per heavy atom. The molecule has 6 heteroatoms. The summed E-state index contributed by atoms with van der Waals surface area (Å²) in [5.74, 6) is -0.956. The van der Waals surface area contributed by atoms with Crippen LogP contribution in [0.25, 0.3) is 0 Å². The van der Waals surface area contributed by atoms with Crippen LogP contribution in [-0.2, 0) is 6.54 Å². The van der Waals surface area contributed by atoms with E-state index in [1.165, 1.54) is 11.3 Å². The number of thiophene rings is 1. The highest BCUT2D eigenvalue weighted by molar-refractivity contribution is 9.10. The first kappa shape index (κ1) is 13.4. The highest BCUT2D eigenvalue weighted by Crippen LogP contribution is 2.25. The van der Waals surface area contributed by atoms with Gasteiger partial charge in [0.15, 0.2) is 0 Å². The van der Waals surface area contributed by atoms with Crippen LogP contribution in [0.2, 0.25) is 4.34 Å². The summed E-state index contributed by atoms with van der Waals surface area (Å²) in [6.45, 7) is 0.555. The van der Waals surface area contributed by atoms with Gasteiger partial charge >= 0.3 is 5.97 Å². The molecule has 0 unspecified atom stereocenters. The van der Waals surface area contributed by atoms with Gasteiger partial charge in [0, 0.05) is 21.6 Å². The van der Waals surface area contributed by atoms with Gasteiger partial charge < -0.3 is 10.4 Å². The van der Waals surface area contributed by atoms with Gasteiger partial charge in [-0.1, -0.05) is 27.5 Å². The third-order valence-corrected chi connectivity index (χ3v) is 4.02. The molecule has 0 bridgehead atoms.